The quantitative estimate of drug-likeness (QED) is 0.521. The summed E-state index contributed by atoms with van der Waals surface area (Å²) in [5.74, 6) is 1.56. The second kappa shape index (κ2) is 7.08. The molecular weight excluding hydrogens is 368 g/mol. The van der Waals surface area contributed by atoms with E-state index in [2.05, 4.69) is 30.9 Å². The van der Waals surface area contributed by atoms with Crippen molar-refractivity contribution in [3.05, 3.63) is 53.1 Å². The lowest BCUT2D eigenvalue weighted by atomic mass is 10.2. The molecule has 136 valence electrons. The van der Waals surface area contributed by atoms with Crippen molar-refractivity contribution in [2.75, 3.05) is 17.7 Å². The van der Waals surface area contributed by atoms with Gasteiger partial charge in [-0.1, -0.05) is 29.8 Å². The number of halogens is 1. The fourth-order valence-electron chi connectivity index (χ4n) is 2.50. The highest BCUT2D eigenvalue weighted by molar-refractivity contribution is 6.31. The normalized spacial score (nSPS) is 10.8. The van der Waals surface area contributed by atoms with E-state index < -0.39 is 0 Å². The molecule has 0 radical (unpaired) electrons. The van der Waals surface area contributed by atoms with Gasteiger partial charge in [0.1, 0.15) is 5.75 Å². The molecule has 2 aromatic carbocycles. The molecule has 2 heterocycles. The van der Waals surface area contributed by atoms with Crippen molar-refractivity contribution in [3.63, 3.8) is 0 Å². The van der Waals surface area contributed by atoms with Gasteiger partial charge >= 0.3 is 0 Å². The van der Waals surface area contributed by atoms with E-state index in [-0.39, 0.29) is 0 Å². The van der Waals surface area contributed by atoms with Crippen LogP contribution in [-0.2, 0) is 0 Å². The third-order valence-electron chi connectivity index (χ3n) is 3.91. The minimum absolute atomic E-state index is 0.292. The van der Waals surface area contributed by atoms with E-state index in [1.54, 1.807) is 7.11 Å². The summed E-state index contributed by atoms with van der Waals surface area (Å²) < 4.78 is 10.1. The van der Waals surface area contributed by atoms with Crippen LogP contribution in [0.4, 0.5) is 23.0 Å². The Morgan fingerprint density at radius 1 is 0.963 bits per heavy atom. The van der Waals surface area contributed by atoms with Crippen LogP contribution in [0.3, 0.4) is 0 Å². The zero-order chi connectivity index (χ0) is 18.8. The molecular formula is C18H15ClN6O2. The summed E-state index contributed by atoms with van der Waals surface area (Å²) in [6.07, 6.45) is 0. The van der Waals surface area contributed by atoms with Crippen molar-refractivity contribution in [1.82, 2.24) is 20.3 Å². The number of methoxy groups -OCH3 is 1. The van der Waals surface area contributed by atoms with E-state index in [1.165, 1.54) is 0 Å². The minimum Gasteiger partial charge on any atom is -0.495 e. The van der Waals surface area contributed by atoms with Gasteiger partial charge in [-0.15, -0.1) is 0 Å². The van der Waals surface area contributed by atoms with Crippen LogP contribution >= 0.6 is 11.6 Å². The molecule has 2 aromatic heterocycles. The summed E-state index contributed by atoms with van der Waals surface area (Å²) in [5, 5.41) is 14.6. The first-order valence-corrected chi connectivity index (χ1v) is 8.45. The third kappa shape index (κ3) is 3.47. The molecule has 4 rings (SSSR count). The number of aryl methyl sites for hydroxylation is 1. The maximum absolute atomic E-state index is 6.22. The first-order valence-electron chi connectivity index (χ1n) is 8.07. The highest BCUT2D eigenvalue weighted by Gasteiger charge is 2.15. The zero-order valence-corrected chi connectivity index (χ0v) is 15.3. The number of hydrogen-bond donors (Lipinski definition) is 2. The van der Waals surface area contributed by atoms with Crippen LogP contribution in [-0.4, -0.2) is 27.4 Å². The number of hydrogen-bond acceptors (Lipinski definition) is 8. The number of aromatic nitrogens is 4. The van der Waals surface area contributed by atoms with Gasteiger partial charge in [0.25, 0.3) is 0 Å². The van der Waals surface area contributed by atoms with Gasteiger partial charge in [0, 0.05) is 10.7 Å². The Bertz CT molecular complexity index is 1110. The molecule has 0 aliphatic heterocycles. The fourth-order valence-corrected chi connectivity index (χ4v) is 2.68. The molecule has 4 aromatic rings. The average Bonchev–Trinajstić information content (AvgIpc) is 3.12. The van der Waals surface area contributed by atoms with Crippen molar-refractivity contribution in [2.45, 2.75) is 6.92 Å². The molecule has 27 heavy (non-hydrogen) atoms. The summed E-state index contributed by atoms with van der Waals surface area (Å²) in [5.41, 5.74) is 3.06. The number of fused-ring (bicyclic) bond motifs is 1. The SMILES string of the molecule is COc1ccccc1Nc1nc2nonc2nc1Nc1ccc(C)c(Cl)c1. The Morgan fingerprint density at radius 2 is 1.67 bits per heavy atom. The molecule has 0 spiro atoms. The second-order valence-electron chi connectivity index (χ2n) is 5.75. The average molecular weight is 383 g/mol. The van der Waals surface area contributed by atoms with E-state index >= 15 is 0 Å². The lowest BCUT2D eigenvalue weighted by Gasteiger charge is -2.14. The summed E-state index contributed by atoms with van der Waals surface area (Å²) >= 11 is 6.22. The summed E-state index contributed by atoms with van der Waals surface area (Å²) in [6.45, 7) is 1.94. The van der Waals surface area contributed by atoms with Gasteiger partial charge in [0.2, 0.25) is 11.3 Å². The lowest BCUT2D eigenvalue weighted by molar-refractivity contribution is 0.314. The highest BCUT2D eigenvalue weighted by atomic mass is 35.5. The van der Waals surface area contributed by atoms with Gasteiger partial charge in [0.05, 0.1) is 12.8 Å². The smallest absolute Gasteiger partial charge is 0.245 e. The first-order chi connectivity index (χ1) is 13.1. The van der Waals surface area contributed by atoms with Crippen LogP contribution < -0.4 is 15.4 Å². The van der Waals surface area contributed by atoms with Crippen LogP contribution in [0.2, 0.25) is 5.02 Å². The molecule has 0 saturated carbocycles. The molecule has 0 saturated heterocycles. The minimum atomic E-state index is 0.292. The van der Waals surface area contributed by atoms with Crippen molar-refractivity contribution in [1.29, 1.82) is 0 Å². The van der Waals surface area contributed by atoms with Crippen LogP contribution in [0.5, 0.6) is 5.75 Å². The first kappa shape index (κ1) is 17.0. The predicted octanol–water partition coefficient (Wildman–Crippen LogP) is 4.47. The summed E-state index contributed by atoms with van der Waals surface area (Å²) in [6, 6.07) is 13.1. The molecule has 0 amide bonds. The summed E-state index contributed by atoms with van der Waals surface area (Å²) in [7, 11) is 1.60. The molecule has 0 unspecified atom stereocenters. The van der Waals surface area contributed by atoms with Gasteiger partial charge in [-0.25, -0.2) is 14.6 Å². The largest absolute Gasteiger partial charge is 0.495 e. The standard InChI is InChI=1S/C18H15ClN6O2/c1-10-7-8-11(9-12(10)19)20-15-16(23-18-17(22-15)24-27-25-18)21-13-5-3-4-6-14(13)26-2/h3-9H,1-2H3,(H,20,22,24)(H,21,23,25). The Balaban J connectivity index is 1.76. The molecule has 0 aliphatic carbocycles. The fraction of sp³-hybridized carbons (Fsp3) is 0.111. The molecule has 0 aliphatic rings. The lowest BCUT2D eigenvalue weighted by Crippen LogP contribution is -2.04. The highest BCUT2D eigenvalue weighted by Crippen LogP contribution is 2.31. The maximum Gasteiger partial charge on any atom is 0.245 e. The van der Waals surface area contributed by atoms with E-state index in [1.807, 2.05) is 49.4 Å². The zero-order valence-electron chi connectivity index (χ0n) is 14.5. The maximum atomic E-state index is 6.22. The Hall–Kier alpha value is -3.39. The molecule has 0 atom stereocenters. The topological polar surface area (TPSA) is 98.0 Å². The number of nitrogens with zero attached hydrogens (tertiary/aromatic N) is 4. The number of benzene rings is 2. The van der Waals surface area contributed by atoms with Crippen molar-refractivity contribution < 1.29 is 9.37 Å². The van der Waals surface area contributed by atoms with E-state index in [0.29, 0.717) is 33.7 Å². The van der Waals surface area contributed by atoms with Crippen LogP contribution in [0, 0.1) is 6.92 Å². The number of ether oxygens (including phenoxy) is 1. The van der Waals surface area contributed by atoms with E-state index in [4.69, 9.17) is 21.0 Å². The van der Waals surface area contributed by atoms with Crippen molar-refractivity contribution in [2.24, 2.45) is 0 Å². The number of nitrogens with one attached hydrogen (secondary N) is 2. The third-order valence-corrected chi connectivity index (χ3v) is 4.32. The van der Waals surface area contributed by atoms with Gasteiger partial charge in [0.15, 0.2) is 11.6 Å². The van der Waals surface area contributed by atoms with Gasteiger partial charge in [-0.3, -0.25) is 0 Å². The number of rotatable bonds is 5. The monoisotopic (exact) mass is 382 g/mol. The molecule has 8 nitrogen and oxygen atoms in total. The van der Waals surface area contributed by atoms with Gasteiger partial charge < -0.3 is 15.4 Å². The Kier molecular flexibility index (Phi) is 4.47. The van der Waals surface area contributed by atoms with Crippen LogP contribution in [0.15, 0.2) is 47.1 Å². The van der Waals surface area contributed by atoms with Crippen LogP contribution in [0.1, 0.15) is 5.56 Å². The molecule has 0 bridgehead atoms. The Morgan fingerprint density at radius 3 is 2.37 bits per heavy atom. The second-order valence-corrected chi connectivity index (χ2v) is 6.15. The van der Waals surface area contributed by atoms with E-state index in [0.717, 1.165) is 16.9 Å². The molecule has 0 fully saturated rings. The van der Waals surface area contributed by atoms with Gasteiger partial charge in [-0.05, 0) is 47.1 Å². The van der Waals surface area contributed by atoms with E-state index in [9.17, 15) is 0 Å². The molecule has 9 heteroatoms. The Labute approximate surface area is 159 Å². The summed E-state index contributed by atoms with van der Waals surface area (Å²) in [4.78, 5) is 8.90. The van der Waals surface area contributed by atoms with Crippen molar-refractivity contribution >= 4 is 45.9 Å². The molecule has 2 N–H and O–H groups in total. The number of anilines is 4. The van der Waals surface area contributed by atoms with Crippen molar-refractivity contribution in [3.8, 4) is 5.75 Å². The predicted molar refractivity (Wildman–Crippen MR) is 103 cm³/mol. The number of para-hydroxylation sites is 2. The van der Waals surface area contributed by atoms with Gasteiger partial charge in [-0.2, -0.15) is 0 Å². The van der Waals surface area contributed by atoms with Crippen LogP contribution in [0.25, 0.3) is 11.3 Å².